The van der Waals surface area contributed by atoms with E-state index < -0.39 is 46.4 Å². The van der Waals surface area contributed by atoms with Crippen molar-refractivity contribution in [3.63, 3.8) is 0 Å². The summed E-state index contributed by atoms with van der Waals surface area (Å²) in [6.07, 6.45) is -2.65. The molecule has 0 unspecified atom stereocenters. The van der Waals surface area contributed by atoms with Gasteiger partial charge in [-0.05, 0) is 48.9 Å². The zero-order valence-corrected chi connectivity index (χ0v) is 22.6. The van der Waals surface area contributed by atoms with Gasteiger partial charge in [-0.3, -0.25) is 9.59 Å². The van der Waals surface area contributed by atoms with Crippen LogP contribution in [0.15, 0.2) is 36.5 Å². The third-order valence-electron chi connectivity index (χ3n) is 6.14. The van der Waals surface area contributed by atoms with E-state index in [1.807, 2.05) is 10.8 Å². The molecule has 0 aliphatic carbocycles. The molecule has 2 amide bonds. The number of nitrogens with zero attached hydrogens (tertiary/aromatic N) is 4. The summed E-state index contributed by atoms with van der Waals surface area (Å²) in [5.74, 6) is -2.41. The second-order valence-electron chi connectivity index (χ2n) is 8.96. The lowest BCUT2D eigenvalue weighted by Gasteiger charge is -2.26. The van der Waals surface area contributed by atoms with Gasteiger partial charge in [-0.1, -0.05) is 13.0 Å². The van der Waals surface area contributed by atoms with Gasteiger partial charge < -0.3 is 15.4 Å². The van der Waals surface area contributed by atoms with E-state index in [-0.39, 0.29) is 40.6 Å². The van der Waals surface area contributed by atoms with Gasteiger partial charge in [-0.25, -0.2) is 18.1 Å². The van der Waals surface area contributed by atoms with Crippen LogP contribution in [0.2, 0.25) is 0 Å². The average Bonchev–Trinajstić information content (AvgIpc) is 3.29. The first kappa shape index (κ1) is 29.5. The Labute approximate surface area is 232 Å². The predicted molar refractivity (Wildman–Crippen MR) is 139 cm³/mol. The number of carbonyl (C=O) groups is 2. The number of nitriles is 1. The van der Waals surface area contributed by atoms with Crippen LogP contribution in [0, 0.1) is 11.3 Å². The first-order valence-corrected chi connectivity index (χ1v) is 13.8. The number of aryl methyl sites for hydroxylation is 1. The first-order chi connectivity index (χ1) is 19.3. The molecule has 3 heterocycles. The minimum Gasteiger partial charge on any atom is -0.484 e. The van der Waals surface area contributed by atoms with Crippen molar-refractivity contribution in [2.24, 2.45) is 0 Å². The van der Waals surface area contributed by atoms with Crippen molar-refractivity contribution in [3.8, 4) is 17.6 Å². The molecule has 41 heavy (non-hydrogen) atoms. The third-order valence-corrected chi connectivity index (χ3v) is 7.41. The van der Waals surface area contributed by atoms with E-state index in [4.69, 9.17) is 10.00 Å². The molecule has 1 aromatic carbocycles. The van der Waals surface area contributed by atoms with E-state index in [2.05, 4.69) is 20.7 Å². The average molecular weight is 592 g/mol. The predicted octanol–water partition coefficient (Wildman–Crippen LogP) is 2.16. The van der Waals surface area contributed by atoms with Gasteiger partial charge >= 0.3 is 6.18 Å². The van der Waals surface area contributed by atoms with Crippen LogP contribution in [0.5, 0.6) is 5.75 Å². The van der Waals surface area contributed by atoms with Gasteiger partial charge in [0.05, 0.1) is 17.3 Å². The van der Waals surface area contributed by atoms with Crippen LogP contribution in [-0.4, -0.2) is 60.6 Å². The quantitative estimate of drug-likeness (QED) is 0.340. The smallest absolute Gasteiger partial charge is 0.422 e. The molecule has 16 heteroatoms. The maximum absolute atomic E-state index is 13.4. The Bertz CT molecular complexity index is 1630. The van der Waals surface area contributed by atoms with Gasteiger partial charge in [0.2, 0.25) is 15.9 Å². The highest BCUT2D eigenvalue weighted by Gasteiger charge is 2.35. The normalized spacial score (nSPS) is 15.0. The number of hydrogen-bond acceptors (Lipinski definition) is 8. The van der Waals surface area contributed by atoms with Crippen LogP contribution in [0.25, 0.3) is 5.82 Å². The summed E-state index contributed by atoms with van der Waals surface area (Å²) in [5.41, 5.74) is 1.80. The Hall–Kier alpha value is -4.49. The number of aromatic nitrogens is 3. The van der Waals surface area contributed by atoms with Gasteiger partial charge in [-0.15, -0.1) is 0 Å². The second-order valence-corrected chi connectivity index (χ2v) is 10.9. The number of nitrogens with one attached hydrogen (secondary N) is 3. The molecule has 1 aliphatic heterocycles. The fraction of sp³-hybridized carbons (Fsp3) is 0.320. The highest BCUT2D eigenvalue weighted by Crippen LogP contribution is 2.34. The van der Waals surface area contributed by atoms with Crippen LogP contribution < -0.4 is 20.1 Å². The number of benzene rings is 1. The van der Waals surface area contributed by atoms with Crippen molar-refractivity contribution in [3.05, 3.63) is 64.5 Å². The molecule has 0 saturated carbocycles. The van der Waals surface area contributed by atoms with Crippen LogP contribution in [0.3, 0.4) is 0 Å². The molecule has 1 atom stereocenters. The molecular formula is C25H24F3N7O5S. The molecular weight excluding hydrogens is 567 g/mol. The third kappa shape index (κ3) is 6.81. The summed E-state index contributed by atoms with van der Waals surface area (Å²) < 4.78 is 69.7. The van der Waals surface area contributed by atoms with E-state index in [0.29, 0.717) is 17.5 Å². The van der Waals surface area contributed by atoms with E-state index >= 15 is 0 Å². The molecule has 0 bridgehead atoms. The van der Waals surface area contributed by atoms with Crippen LogP contribution in [-0.2, 0) is 27.7 Å². The lowest BCUT2D eigenvalue weighted by molar-refractivity contribution is -0.153. The van der Waals surface area contributed by atoms with E-state index in [1.54, 1.807) is 13.0 Å². The van der Waals surface area contributed by atoms with Crippen LogP contribution in [0.4, 0.5) is 19.0 Å². The van der Waals surface area contributed by atoms with Gasteiger partial charge in [0.1, 0.15) is 23.1 Å². The summed E-state index contributed by atoms with van der Waals surface area (Å²) in [4.78, 5) is 30.2. The largest absolute Gasteiger partial charge is 0.484 e. The molecule has 0 radical (unpaired) electrons. The molecule has 1 aliphatic rings. The molecule has 0 saturated heterocycles. The summed E-state index contributed by atoms with van der Waals surface area (Å²) in [6.45, 7) is 0.366. The highest BCUT2D eigenvalue weighted by molar-refractivity contribution is 7.90. The first-order valence-electron chi connectivity index (χ1n) is 12.2. The monoisotopic (exact) mass is 591 g/mol. The zero-order chi connectivity index (χ0) is 29.9. The number of pyridine rings is 1. The maximum Gasteiger partial charge on any atom is 0.422 e. The van der Waals surface area contributed by atoms with Crippen LogP contribution in [0.1, 0.15) is 45.7 Å². The Morgan fingerprint density at radius 1 is 1.29 bits per heavy atom. The summed E-state index contributed by atoms with van der Waals surface area (Å²) in [5, 5.41) is 18.9. The van der Waals surface area contributed by atoms with E-state index in [9.17, 15) is 31.2 Å². The Morgan fingerprint density at radius 3 is 2.66 bits per heavy atom. The number of carbonyl (C=O) groups excluding carboxylic acids is 2. The van der Waals surface area contributed by atoms with Crippen molar-refractivity contribution in [1.29, 1.82) is 5.26 Å². The van der Waals surface area contributed by atoms with Crippen molar-refractivity contribution in [2.75, 3.05) is 24.7 Å². The number of ether oxygens (including phenoxy) is 1. The van der Waals surface area contributed by atoms with Gasteiger partial charge in [0.25, 0.3) is 5.91 Å². The number of hydrogen-bond donors (Lipinski definition) is 3. The van der Waals surface area contributed by atoms with Crippen molar-refractivity contribution >= 4 is 27.7 Å². The zero-order valence-electron chi connectivity index (χ0n) is 21.7. The van der Waals surface area contributed by atoms with Gasteiger partial charge in [0, 0.05) is 12.6 Å². The lowest BCUT2D eigenvalue weighted by Crippen LogP contribution is -2.36. The second kappa shape index (κ2) is 11.6. The Morgan fingerprint density at radius 2 is 2.05 bits per heavy atom. The molecule has 3 N–H and O–H groups in total. The fourth-order valence-corrected chi connectivity index (χ4v) is 4.82. The number of halogens is 3. The number of fused-ring (bicyclic) bond motifs is 1. The molecule has 216 valence electrons. The SMILES string of the molecule is CCc1cc(OCC(F)(F)F)ccc1[C@H]1Cc2nn(-c3ccc(C#N)cn3)c(NC(=O)CS(=O)(=O)NC)c2C(=O)N1. The summed E-state index contributed by atoms with van der Waals surface area (Å²) in [6, 6.07) is 8.66. The number of anilines is 1. The number of amides is 2. The topological polar surface area (TPSA) is 168 Å². The number of rotatable bonds is 9. The Kier molecular flexibility index (Phi) is 8.31. The molecule has 12 nitrogen and oxygen atoms in total. The molecule has 4 rings (SSSR count). The number of alkyl halides is 3. The summed E-state index contributed by atoms with van der Waals surface area (Å²) >= 11 is 0. The van der Waals surface area contributed by atoms with Crippen LogP contribution >= 0.6 is 0 Å². The highest BCUT2D eigenvalue weighted by atomic mass is 32.2. The van der Waals surface area contributed by atoms with Gasteiger partial charge in [0.15, 0.2) is 18.2 Å². The maximum atomic E-state index is 13.4. The minimum absolute atomic E-state index is 0.00852. The van der Waals surface area contributed by atoms with E-state index in [1.165, 1.54) is 35.1 Å². The standard InChI is InChI=1S/C25H24F3N7O5S/c1-3-15-8-16(40-13-25(26,27)28)5-6-17(15)18-9-19-22(24(37)32-18)23(33-21(36)12-41(38,39)30-2)35(34-19)20-7-4-14(10-29)11-31-20/h4-8,11,18,30H,3,9,12-13H2,1-2H3,(H,32,37)(H,33,36)/t18-/m1/s1. The van der Waals surface area contributed by atoms with Gasteiger partial charge in [-0.2, -0.15) is 28.2 Å². The number of sulfonamides is 1. The lowest BCUT2D eigenvalue weighted by atomic mass is 9.91. The van der Waals surface area contributed by atoms with Crippen molar-refractivity contribution < 1.29 is 35.9 Å². The Balaban J connectivity index is 1.71. The molecule has 2 aromatic heterocycles. The van der Waals surface area contributed by atoms with Crippen molar-refractivity contribution in [2.45, 2.75) is 32.0 Å². The van der Waals surface area contributed by atoms with Crippen molar-refractivity contribution in [1.82, 2.24) is 24.8 Å². The van der Waals surface area contributed by atoms with E-state index in [0.717, 1.165) is 7.05 Å². The molecule has 0 spiro atoms. The minimum atomic E-state index is -4.49. The summed E-state index contributed by atoms with van der Waals surface area (Å²) in [7, 11) is -2.77. The molecule has 0 fully saturated rings. The fourth-order valence-electron chi connectivity index (χ4n) is 4.26. The molecule has 3 aromatic rings.